The molecule has 1 atom stereocenters. The molecule has 39 heavy (non-hydrogen) atoms. The predicted molar refractivity (Wildman–Crippen MR) is 150 cm³/mol. The van der Waals surface area contributed by atoms with E-state index in [9.17, 15) is 13.2 Å². The Kier molecular flexibility index (Phi) is 6.21. The van der Waals surface area contributed by atoms with Gasteiger partial charge in [0, 0.05) is 17.5 Å². The Labute approximate surface area is 230 Å². The first-order chi connectivity index (χ1) is 18.6. The number of nitrogens with one attached hydrogen (secondary N) is 1. The summed E-state index contributed by atoms with van der Waals surface area (Å²) in [5.41, 5.74) is 4.47. The predicted octanol–water partition coefficient (Wildman–Crippen LogP) is 6.25. The Balaban J connectivity index is 1.26. The molecule has 0 aliphatic heterocycles. The van der Waals surface area contributed by atoms with Crippen LogP contribution < -0.4 is 4.72 Å². The van der Waals surface area contributed by atoms with Crippen molar-refractivity contribution in [3.63, 3.8) is 0 Å². The van der Waals surface area contributed by atoms with Gasteiger partial charge < -0.3 is 9.26 Å². The highest BCUT2D eigenvalue weighted by Gasteiger charge is 2.29. The lowest BCUT2D eigenvalue weighted by Crippen LogP contribution is -2.34. The summed E-state index contributed by atoms with van der Waals surface area (Å²) >= 11 is 1.15. The normalized spacial score (nSPS) is 15.5. The fourth-order valence-electron chi connectivity index (χ4n) is 4.95. The number of benzene rings is 2. The van der Waals surface area contributed by atoms with E-state index in [1.54, 1.807) is 22.8 Å². The van der Waals surface area contributed by atoms with Gasteiger partial charge in [-0.1, -0.05) is 35.5 Å². The van der Waals surface area contributed by atoms with Gasteiger partial charge >= 0.3 is 6.09 Å². The van der Waals surface area contributed by atoms with Crippen LogP contribution in [0, 0.1) is 0 Å². The zero-order chi connectivity index (χ0) is 27.4. The Morgan fingerprint density at radius 3 is 2.62 bits per heavy atom. The molecule has 0 spiro atoms. The lowest BCUT2D eigenvalue weighted by molar-refractivity contribution is 0.0547. The molecular weight excluding hydrogens is 534 g/mol. The number of para-hydroxylation sites is 1. The first-order valence-corrected chi connectivity index (χ1v) is 14.9. The first-order valence-electron chi connectivity index (χ1n) is 12.6. The number of carbonyl (C=O) groups excluding carboxylic acids is 1. The maximum absolute atomic E-state index is 13.2. The summed E-state index contributed by atoms with van der Waals surface area (Å²) in [7, 11) is -3.70. The van der Waals surface area contributed by atoms with Gasteiger partial charge in [-0.2, -0.15) is 0 Å². The van der Waals surface area contributed by atoms with Gasteiger partial charge in [-0.25, -0.2) is 22.5 Å². The molecule has 8 nitrogen and oxygen atoms in total. The SMILES string of the molecule is CC(C)(C)OC(=O)n1c(-c2ccc3c(c2)CC(NS(=O)(=O)c2ccc(-c4ccon4)s2)C3)cc2ccccc21. The molecule has 1 unspecified atom stereocenters. The van der Waals surface area contributed by atoms with Crippen LogP contribution in [0.1, 0.15) is 31.9 Å². The molecule has 0 saturated carbocycles. The molecule has 3 heterocycles. The molecule has 2 aromatic carbocycles. The van der Waals surface area contributed by atoms with Crippen molar-refractivity contribution in [1.82, 2.24) is 14.4 Å². The molecule has 5 aromatic rings. The zero-order valence-corrected chi connectivity index (χ0v) is 23.3. The van der Waals surface area contributed by atoms with E-state index in [1.165, 1.54) is 6.26 Å². The molecule has 3 aromatic heterocycles. The molecule has 200 valence electrons. The highest BCUT2D eigenvalue weighted by atomic mass is 32.2. The highest BCUT2D eigenvalue weighted by molar-refractivity contribution is 7.91. The van der Waals surface area contributed by atoms with Crippen LogP contribution in [0.15, 0.2) is 81.7 Å². The van der Waals surface area contributed by atoms with E-state index < -0.39 is 21.7 Å². The van der Waals surface area contributed by atoms with Crippen LogP contribution in [0.25, 0.3) is 32.7 Å². The minimum absolute atomic E-state index is 0.235. The minimum atomic E-state index is -3.70. The van der Waals surface area contributed by atoms with Gasteiger partial charge in [0.25, 0.3) is 0 Å². The highest BCUT2D eigenvalue weighted by Crippen LogP contribution is 2.34. The van der Waals surface area contributed by atoms with Crippen LogP contribution in [0.4, 0.5) is 4.79 Å². The second-order valence-corrected chi connectivity index (χ2v) is 13.6. The van der Waals surface area contributed by atoms with E-state index in [-0.39, 0.29) is 10.3 Å². The number of thiophene rings is 1. The van der Waals surface area contributed by atoms with Gasteiger partial charge in [0.05, 0.1) is 16.1 Å². The summed E-state index contributed by atoms with van der Waals surface area (Å²) in [5.74, 6) is 0. The molecule has 10 heteroatoms. The standard InChI is InChI=1S/C29H27N3O5S2/c1-29(2,3)37-28(33)32-24-7-5-4-6-19(24)17-25(32)20-9-8-18-15-22(16-21(18)14-20)31-39(34,35)27-11-10-26(38-27)23-12-13-36-30-23/h4-14,17,22,31H,15-16H2,1-3H3. The number of nitrogens with zero attached hydrogens (tertiary/aromatic N) is 2. The average molecular weight is 562 g/mol. The van der Waals surface area contributed by atoms with Crippen molar-refractivity contribution in [2.75, 3.05) is 0 Å². The third-order valence-corrected chi connectivity index (χ3v) is 9.70. The van der Waals surface area contributed by atoms with E-state index in [0.29, 0.717) is 18.5 Å². The van der Waals surface area contributed by atoms with Gasteiger partial charge in [-0.05, 0) is 80.6 Å². The molecule has 0 saturated heterocycles. The second kappa shape index (κ2) is 9.48. The number of hydrogen-bond acceptors (Lipinski definition) is 7. The molecule has 0 bridgehead atoms. The molecule has 0 radical (unpaired) electrons. The quantitative estimate of drug-likeness (QED) is 0.272. The van der Waals surface area contributed by atoms with E-state index in [1.807, 2.05) is 69.3 Å². The Morgan fingerprint density at radius 1 is 1.05 bits per heavy atom. The van der Waals surface area contributed by atoms with Crippen molar-refractivity contribution >= 4 is 38.4 Å². The smallest absolute Gasteiger partial charge is 0.419 e. The fraction of sp³-hybridized carbons (Fsp3) is 0.241. The number of sulfonamides is 1. The van der Waals surface area contributed by atoms with Crippen molar-refractivity contribution in [1.29, 1.82) is 0 Å². The Hall–Kier alpha value is -3.73. The largest absolute Gasteiger partial charge is 0.443 e. The van der Waals surface area contributed by atoms with E-state index in [0.717, 1.165) is 49.5 Å². The number of hydrogen-bond donors (Lipinski definition) is 1. The van der Waals surface area contributed by atoms with Gasteiger partial charge in [-0.3, -0.25) is 0 Å². The van der Waals surface area contributed by atoms with Crippen molar-refractivity contribution < 1.29 is 22.5 Å². The Bertz CT molecular complexity index is 1790. The van der Waals surface area contributed by atoms with Crippen LogP contribution in [0.5, 0.6) is 0 Å². The average Bonchev–Trinajstić information content (AvgIpc) is 3.66. The van der Waals surface area contributed by atoms with Gasteiger partial charge in [0.1, 0.15) is 21.8 Å². The van der Waals surface area contributed by atoms with E-state index >= 15 is 0 Å². The molecule has 0 amide bonds. The first kappa shape index (κ1) is 25.5. The molecule has 1 N–H and O–H groups in total. The van der Waals surface area contributed by atoms with Crippen molar-refractivity contribution in [2.24, 2.45) is 0 Å². The third kappa shape index (κ3) is 5.03. The van der Waals surface area contributed by atoms with Crippen LogP contribution in [0.3, 0.4) is 0 Å². The summed E-state index contributed by atoms with van der Waals surface area (Å²) in [6.45, 7) is 5.54. The summed E-state index contributed by atoms with van der Waals surface area (Å²) in [5, 5.41) is 4.82. The summed E-state index contributed by atoms with van der Waals surface area (Å²) in [6.07, 6.45) is 2.16. The second-order valence-electron chi connectivity index (χ2n) is 10.6. The topological polar surface area (TPSA) is 103 Å². The lowest BCUT2D eigenvalue weighted by atomic mass is 10.0. The van der Waals surface area contributed by atoms with Crippen molar-refractivity contribution in [3.05, 3.63) is 84.1 Å². The van der Waals surface area contributed by atoms with Crippen LogP contribution in [0.2, 0.25) is 0 Å². The lowest BCUT2D eigenvalue weighted by Gasteiger charge is -2.21. The summed E-state index contributed by atoms with van der Waals surface area (Å²) < 4.78 is 41.6. The number of rotatable bonds is 5. The Morgan fingerprint density at radius 2 is 1.85 bits per heavy atom. The van der Waals surface area contributed by atoms with E-state index in [4.69, 9.17) is 9.26 Å². The van der Waals surface area contributed by atoms with Crippen LogP contribution in [-0.4, -0.2) is 35.9 Å². The number of ether oxygens (including phenoxy) is 1. The van der Waals surface area contributed by atoms with E-state index in [2.05, 4.69) is 9.88 Å². The summed E-state index contributed by atoms with van der Waals surface area (Å²) in [6, 6.07) is 20.5. The maximum atomic E-state index is 13.2. The molecule has 1 aliphatic rings. The monoisotopic (exact) mass is 561 g/mol. The third-order valence-electron chi connectivity index (χ3n) is 6.58. The molecular formula is C29H27N3O5S2. The fourth-order valence-corrected chi connectivity index (χ4v) is 7.47. The van der Waals surface area contributed by atoms with Gasteiger partial charge in [0.15, 0.2) is 0 Å². The maximum Gasteiger partial charge on any atom is 0.419 e. The van der Waals surface area contributed by atoms with Crippen LogP contribution >= 0.6 is 11.3 Å². The van der Waals surface area contributed by atoms with Crippen molar-refractivity contribution in [3.8, 4) is 21.8 Å². The van der Waals surface area contributed by atoms with Crippen LogP contribution in [-0.2, 0) is 27.6 Å². The molecule has 1 aliphatic carbocycles. The number of fused-ring (bicyclic) bond motifs is 2. The molecule has 6 rings (SSSR count). The van der Waals surface area contributed by atoms with Crippen molar-refractivity contribution in [2.45, 2.75) is 49.5 Å². The zero-order valence-electron chi connectivity index (χ0n) is 21.7. The van der Waals surface area contributed by atoms with Gasteiger partial charge in [0.2, 0.25) is 10.0 Å². The van der Waals surface area contributed by atoms with Gasteiger partial charge in [-0.15, -0.1) is 11.3 Å². The summed E-state index contributed by atoms with van der Waals surface area (Å²) in [4.78, 5) is 14.0. The number of carbonyl (C=O) groups is 1. The minimum Gasteiger partial charge on any atom is -0.443 e. The molecule has 0 fully saturated rings. The number of aromatic nitrogens is 2.